The van der Waals surface area contributed by atoms with Gasteiger partial charge < -0.3 is 20.1 Å². The zero-order valence-corrected chi connectivity index (χ0v) is 21.1. The Balaban J connectivity index is 0.00000289. The number of nitrogens with one attached hydrogen (secondary N) is 2. The molecule has 0 atom stereocenters. The SMILES string of the molecule is CC(C)Oc1ccccc1CNc1nc(O[C-]2CCCNC2)nc2c(C(C)C)cnn12.[Lr]. The summed E-state index contributed by atoms with van der Waals surface area (Å²) in [5.74, 6) is 1.74. The molecule has 1 aliphatic heterocycles. The van der Waals surface area contributed by atoms with Gasteiger partial charge in [0.1, 0.15) is 5.75 Å². The zero-order chi connectivity index (χ0) is 21.8. The molecule has 2 N–H and O–H groups in total. The Labute approximate surface area is 183 Å². The molecule has 2 aromatic heterocycles. The van der Waals surface area contributed by atoms with Crippen LogP contribution in [0.4, 0.5) is 5.95 Å². The van der Waals surface area contributed by atoms with Crippen LogP contribution in [0.5, 0.6) is 11.8 Å². The molecule has 0 unspecified atom stereocenters. The molecule has 3 heterocycles. The number of para-hydroxylation sites is 1. The van der Waals surface area contributed by atoms with Crippen LogP contribution in [0.3, 0.4) is 0 Å². The van der Waals surface area contributed by atoms with Crippen molar-refractivity contribution in [3.8, 4) is 11.8 Å². The van der Waals surface area contributed by atoms with Gasteiger partial charge in [-0.2, -0.15) is 19.6 Å². The van der Waals surface area contributed by atoms with Crippen molar-refractivity contribution in [2.45, 2.75) is 59.1 Å². The minimum Gasteiger partial charge on any atom is -0.630 e. The summed E-state index contributed by atoms with van der Waals surface area (Å²) in [5.41, 5.74) is 2.87. The molecule has 1 aromatic carbocycles. The smallest absolute Gasteiger partial charge is 0.289 e. The van der Waals surface area contributed by atoms with E-state index in [9.17, 15) is 0 Å². The summed E-state index contributed by atoms with van der Waals surface area (Å²) in [6, 6.07) is 8.37. The first-order chi connectivity index (χ1) is 15.0. The molecule has 0 bridgehead atoms. The van der Waals surface area contributed by atoms with Crippen molar-refractivity contribution < 1.29 is 9.47 Å². The third kappa shape index (κ3) is 5.06. The summed E-state index contributed by atoms with van der Waals surface area (Å²) in [6.07, 6.45) is 4.89. The maximum absolute atomic E-state index is 6.06. The van der Waals surface area contributed by atoms with Crippen molar-refractivity contribution >= 4 is 11.6 Å². The van der Waals surface area contributed by atoms with Gasteiger partial charge in [0, 0.05) is 17.7 Å². The maximum Gasteiger partial charge on any atom is 0.289 e. The largest absolute Gasteiger partial charge is 0.630 e. The Hall–Kier alpha value is -3.87. The van der Waals surface area contributed by atoms with E-state index >= 15 is 0 Å². The molecular weight excluding hydrogens is 654 g/mol. The van der Waals surface area contributed by atoms with Crippen molar-refractivity contribution in [3.63, 3.8) is 0 Å². The Kier molecular flexibility index (Phi) is 7.10. The van der Waals surface area contributed by atoms with Gasteiger partial charge in [0.05, 0.1) is 12.3 Å². The van der Waals surface area contributed by atoms with Crippen LogP contribution in [0, 0.1) is 6.10 Å². The number of anilines is 1. The second-order valence-corrected chi connectivity index (χ2v) is 8.37. The van der Waals surface area contributed by atoms with E-state index in [-0.39, 0.29) is 12.0 Å². The third-order valence-electron chi connectivity index (χ3n) is 5.14. The first kappa shape index (κ1) is 22.8. The fourth-order valence-corrected chi connectivity index (χ4v) is 3.58. The van der Waals surface area contributed by atoms with Crippen LogP contribution in [-0.2, 0) is 6.54 Å². The van der Waals surface area contributed by atoms with Crippen LogP contribution in [-0.4, -0.2) is 38.8 Å². The van der Waals surface area contributed by atoms with Gasteiger partial charge >= 0.3 is 0 Å². The van der Waals surface area contributed by atoms with Gasteiger partial charge in [0.25, 0.3) is 6.01 Å². The van der Waals surface area contributed by atoms with E-state index in [1.54, 1.807) is 4.52 Å². The average Bonchev–Trinajstić information content (AvgIpc) is 3.18. The molecular formula is C23H31LrN6O2-. The number of ether oxygens (including phenoxy) is 2. The topological polar surface area (TPSA) is 85.6 Å². The van der Waals surface area contributed by atoms with Crippen LogP contribution in [0.25, 0.3) is 5.65 Å². The van der Waals surface area contributed by atoms with Gasteiger partial charge in [-0.25, -0.2) is 0 Å². The number of hydrogen-bond donors (Lipinski definition) is 2. The Morgan fingerprint density at radius 1 is 1.19 bits per heavy atom. The van der Waals surface area contributed by atoms with Crippen molar-refractivity contribution in [2.24, 2.45) is 0 Å². The molecule has 0 aliphatic carbocycles. The monoisotopic (exact) mass is 685 g/mol. The summed E-state index contributed by atoms with van der Waals surface area (Å²) in [7, 11) is 0. The standard InChI is InChI=1S/C23H31N6O2.Lr/c1-15(2)19-14-26-29-21(19)27-23(31-18-9-7-11-24-13-18)28-22(29)25-12-17-8-5-6-10-20(17)30-16(3)4;/h5-6,8,10,14-16,24H,7,9,11-13H2,1-4H3,(H,25,27,28);/q-1;. The third-order valence-corrected chi connectivity index (χ3v) is 5.14. The van der Waals surface area contributed by atoms with Crippen LogP contribution in [0.2, 0.25) is 0 Å². The van der Waals surface area contributed by atoms with Gasteiger partial charge in [-0.1, -0.05) is 45.0 Å². The molecule has 1 fully saturated rings. The van der Waals surface area contributed by atoms with E-state index in [1.807, 2.05) is 44.3 Å². The molecule has 181 valence electrons. The summed E-state index contributed by atoms with van der Waals surface area (Å²) in [5, 5.41) is 11.3. The first-order valence-electron chi connectivity index (χ1n) is 11.0. The number of nitrogens with zero attached hydrogens (tertiary/aromatic N) is 4. The number of aromatic nitrogens is 4. The maximum atomic E-state index is 6.06. The Bertz CT molecular complexity index is 1020. The average molecular weight is 686 g/mol. The predicted molar refractivity (Wildman–Crippen MR) is 120 cm³/mol. The van der Waals surface area contributed by atoms with Crippen molar-refractivity contribution in [1.29, 1.82) is 0 Å². The summed E-state index contributed by atoms with van der Waals surface area (Å²) >= 11 is 0. The van der Waals surface area contributed by atoms with Crippen LogP contribution >= 0.6 is 0 Å². The molecule has 9 heteroatoms. The molecule has 1 saturated heterocycles. The van der Waals surface area contributed by atoms with Crippen molar-refractivity contribution in [2.75, 3.05) is 18.4 Å². The first-order valence-corrected chi connectivity index (χ1v) is 11.0. The molecule has 3 aromatic rings. The van der Waals surface area contributed by atoms with Gasteiger partial charge in [0.15, 0.2) is 5.65 Å². The van der Waals surface area contributed by atoms with E-state index in [4.69, 9.17) is 9.47 Å². The molecule has 1 radical (unpaired) electrons. The summed E-state index contributed by atoms with van der Waals surface area (Å²) in [6.45, 7) is 10.6. The summed E-state index contributed by atoms with van der Waals surface area (Å²) in [4.78, 5) is 9.32. The number of fused-ring (bicyclic) bond motifs is 1. The van der Waals surface area contributed by atoms with Crippen molar-refractivity contribution in [1.82, 2.24) is 24.9 Å². The zero-order valence-electron chi connectivity index (χ0n) is 18.9. The molecule has 32 heavy (non-hydrogen) atoms. The summed E-state index contributed by atoms with van der Waals surface area (Å²) < 4.78 is 13.8. The number of piperidine rings is 1. The van der Waals surface area contributed by atoms with Crippen LogP contribution < -0.4 is 20.1 Å². The quantitative estimate of drug-likeness (QED) is 0.348. The van der Waals surface area contributed by atoms with E-state index in [0.717, 1.165) is 54.6 Å². The minimum absolute atomic E-state index is 0. The second kappa shape index (κ2) is 9.96. The van der Waals surface area contributed by atoms with Gasteiger partial charge in [-0.05, 0) is 32.4 Å². The van der Waals surface area contributed by atoms with E-state index < -0.39 is 0 Å². The molecule has 0 spiro atoms. The van der Waals surface area contributed by atoms with Crippen LogP contribution in [0.15, 0.2) is 30.5 Å². The van der Waals surface area contributed by atoms with Gasteiger partial charge in [-0.3, -0.25) is 0 Å². The minimum atomic E-state index is 0. The van der Waals surface area contributed by atoms with E-state index in [1.165, 1.54) is 0 Å². The predicted octanol–water partition coefficient (Wildman–Crippen LogP) is 3.94. The van der Waals surface area contributed by atoms with E-state index in [0.29, 0.717) is 18.5 Å². The fraction of sp³-hybridized carbons (Fsp3) is 0.478. The molecule has 1 aliphatic rings. The van der Waals surface area contributed by atoms with E-state index in [2.05, 4.69) is 39.5 Å². The Morgan fingerprint density at radius 3 is 2.72 bits per heavy atom. The Morgan fingerprint density at radius 2 is 2.00 bits per heavy atom. The molecule has 0 saturated carbocycles. The second-order valence-electron chi connectivity index (χ2n) is 8.37. The van der Waals surface area contributed by atoms with Gasteiger partial charge in [0.2, 0.25) is 5.95 Å². The molecule has 0 amide bonds. The normalized spacial score (nSPS) is 14.6. The number of benzene rings is 1. The van der Waals surface area contributed by atoms with Crippen molar-refractivity contribution in [3.05, 3.63) is 47.7 Å². The fourth-order valence-electron chi connectivity index (χ4n) is 3.58. The number of rotatable bonds is 8. The molecule has 4 rings (SSSR count). The molecule has 8 nitrogen and oxygen atoms in total. The van der Waals surface area contributed by atoms with Crippen LogP contribution in [0.1, 0.15) is 57.6 Å². The number of hydrogen-bond acceptors (Lipinski definition) is 7. The van der Waals surface area contributed by atoms with Gasteiger partial charge in [-0.15, -0.1) is 12.5 Å².